The van der Waals surface area contributed by atoms with E-state index in [0.29, 0.717) is 42.7 Å². The Kier molecular flexibility index (Phi) is 6.11. The van der Waals surface area contributed by atoms with Crippen LogP contribution in [0.25, 0.3) is 11.3 Å². The van der Waals surface area contributed by atoms with Crippen LogP contribution in [-0.2, 0) is 9.53 Å². The van der Waals surface area contributed by atoms with Gasteiger partial charge in [-0.1, -0.05) is 29.8 Å². The maximum atomic E-state index is 12.5. The molecule has 0 spiro atoms. The van der Waals surface area contributed by atoms with Crippen LogP contribution < -0.4 is 5.32 Å². The van der Waals surface area contributed by atoms with Gasteiger partial charge in [-0.3, -0.25) is 4.79 Å². The Hall–Kier alpha value is -2.12. The molecule has 1 aliphatic rings. The second kappa shape index (κ2) is 8.51. The number of thiazole rings is 1. The number of benzene rings is 1. The van der Waals surface area contributed by atoms with Gasteiger partial charge in [-0.15, -0.1) is 11.3 Å². The predicted octanol–water partition coefficient (Wildman–Crippen LogP) is 4.27. The Morgan fingerprint density at radius 3 is 2.77 bits per heavy atom. The Morgan fingerprint density at radius 2 is 2.08 bits per heavy atom. The van der Waals surface area contributed by atoms with Crippen LogP contribution in [0.4, 0.5) is 9.93 Å². The standard InChI is InChI=1S/C18H20ClN3O3S/c1-2-25-18(24)22-9-7-12(8-10-22)16(23)21-17-20-15(11-26-17)13-5-3-4-6-14(13)19/h3-6,11-12H,2,7-10H2,1H3,(H,20,21,23). The second-order valence-electron chi connectivity index (χ2n) is 5.97. The number of aromatic nitrogens is 1. The molecule has 1 N–H and O–H groups in total. The highest BCUT2D eigenvalue weighted by Gasteiger charge is 2.28. The minimum absolute atomic E-state index is 0.0615. The van der Waals surface area contributed by atoms with Crippen molar-refractivity contribution in [3.63, 3.8) is 0 Å². The van der Waals surface area contributed by atoms with E-state index in [2.05, 4.69) is 10.3 Å². The third kappa shape index (κ3) is 4.34. The number of carbonyl (C=O) groups is 2. The quantitative estimate of drug-likeness (QED) is 0.841. The third-order valence-corrected chi connectivity index (χ3v) is 5.36. The maximum Gasteiger partial charge on any atom is 0.409 e. The molecule has 0 saturated carbocycles. The van der Waals surface area contributed by atoms with Crippen LogP contribution in [0.15, 0.2) is 29.6 Å². The van der Waals surface area contributed by atoms with Crippen molar-refractivity contribution in [2.45, 2.75) is 19.8 Å². The monoisotopic (exact) mass is 393 g/mol. The Bertz CT molecular complexity index is 787. The number of hydrogen-bond acceptors (Lipinski definition) is 5. The van der Waals surface area contributed by atoms with Crippen molar-refractivity contribution >= 4 is 40.1 Å². The number of ether oxygens (including phenoxy) is 1. The lowest BCUT2D eigenvalue weighted by Gasteiger charge is -2.30. The molecule has 1 saturated heterocycles. The molecule has 138 valence electrons. The van der Waals surface area contributed by atoms with Crippen molar-refractivity contribution in [3.05, 3.63) is 34.7 Å². The molecule has 26 heavy (non-hydrogen) atoms. The van der Waals surface area contributed by atoms with Crippen molar-refractivity contribution in [1.82, 2.24) is 9.88 Å². The van der Waals surface area contributed by atoms with Gasteiger partial charge in [0.05, 0.1) is 12.3 Å². The molecule has 2 heterocycles. The number of nitrogens with zero attached hydrogens (tertiary/aromatic N) is 2. The lowest BCUT2D eigenvalue weighted by molar-refractivity contribution is -0.121. The number of piperidine rings is 1. The van der Waals surface area contributed by atoms with Gasteiger partial charge >= 0.3 is 6.09 Å². The SMILES string of the molecule is CCOC(=O)N1CCC(C(=O)Nc2nc(-c3ccccc3Cl)cs2)CC1. The van der Waals surface area contributed by atoms with Gasteiger partial charge < -0.3 is 15.0 Å². The average molecular weight is 394 g/mol. The number of carbonyl (C=O) groups excluding carboxylic acids is 2. The molecule has 8 heteroatoms. The van der Waals surface area contributed by atoms with Gasteiger partial charge in [-0.05, 0) is 25.8 Å². The molecule has 3 rings (SSSR count). The Labute approximate surface area is 161 Å². The molecule has 1 aromatic carbocycles. The van der Waals surface area contributed by atoms with E-state index in [9.17, 15) is 9.59 Å². The number of hydrogen-bond donors (Lipinski definition) is 1. The van der Waals surface area contributed by atoms with E-state index in [0.717, 1.165) is 11.3 Å². The molecular formula is C18H20ClN3O3S. The molecule has 0 aliphatic carbocycles. The second-order valence-corrected chi connectivity index (χ2v) is 7.23. The Balaban J connectivity index is 1.56. The highest BCUT2D eigenvalue weighted by molar-refractivity contribution is 7.14. The van der Waals surface area contributed by atoms with Crippen molar-refractivity contribution in [2.75, 3.05) is 25.0 Å². The summed E-state index contributed by atoms with van der Waals surface area (Å²) in [5, 5.41) is 5.94. The first-order valence-corrected chi connectivity index (χ1v) is 9.77. The smallest absolute Gasteiger partial charge is 0.409 e. The van der Waals surface area contributed by atoms with Crippen LogP contribution >= 0.6 is 22.9 Å². The molecule has 1 aromatic heterocycles. The summed E-state index contributed by atoms with van der Waals surface area (Å²) in [6.07, 6.45) is 0.927. The predicted molar refractivity (Wildman–Crippen MR) is 103 cm³/mol. The summed E-state index contributed by atoms with van der Waals surface area (Å²) >= 11 is 7.56. The molecule has 1 fully saturated rings. The van der Waals surface area contributed by atoms with Gasteiger partial charge in [-0.2, -0.15) is 0 Å². The number of rotatable bonds is 4. The van der Waals surface area contributed by atoms with E-state index < -0.39 is 0 Å². The van der Waals surface area contributed by atoms with E-state index in [1.165, 1.54) is 11.3 Å². The number of likely N-dealkylation sites (tertiary alicyclic amines) is 1. The normalized spacial score (nSPS) is 14.9. The molecule has 0 radical (unpaired) electrons. The molecule has 0 bridgehead atoms. The van der Waals surface area contributed by atoms with Crippen LogP contribution in [0, 0.1) is 5.92 Å². The number of nitrogens with one attached hydrogen (secondary N) is 1. The molecule has 6 nitrogen and oxygen atoms in total. The van der Waals surface area contributed by atoms with Gasteiger partial charge in [0, 0.05) is 35.0 Å². The molecule has 1 aliphatic heterocycles. The third-order valence-electron chi connectivity index (χ3n) is 4.28. The van der Waals surface area contributed by atoms with Gasteiger partial charge in [0.25, 0.3) is 0 Å². The fourth-order valence-corrected chi connectivity index (χ4v) is 3.82. The lowest BCUT2D eigenvalue weighted by atomic mass is 9.96. The van der Waals surface area contributed by atoms with Gasteiger partial charge in [0.15, 0.2) is 5.13 Å². The average Bonchev–Trinajstić information content (AvgIpc) is 3.10. The van der Waals surface area contributed by atoms with Crippen LogP contribution in [0.3, 0.4) is 0 Å². The minimum atomic E-state index is -0.310. The zero-order valence-electron chi connectivity index (χ0n) is 14.4. The summed E-state index contributed by atoms with van der Waals surface area (Å²) in [4.78, 5) is 30.3. The molecular weight excluding hydrogens is 374 g/mol. The zero-order valence-corrected chi connectivity index (χ0v) is 16.0. The summed E-state index contributed by atoms with van der Waals surface area (Å²) in [7, 11) is 0. The van der Waals surface area contributed by atoms with Crippen molar-refractivity contribution < 1.29 is 14.3 Å². The van der Waals surface area contributed by atoms with E-state index >= 15 is 0 Å². The number of anilines is 1. The highest BCUT2D eigenvalue weighted by Crippen LogP contribution is 2.30. The number of halogens is 1. The van der Waals surface area contributed by atoms with E-state index in [1.54, 1.807) is 11.8 Å². The zero-order chi connectivity index (χ0) is 18.5. The topological polar surface area (TPSA) is 71.5 Å². The minimum Gasteiger partial charge on any atom is -0.450 e. The van der Waals surface area contributed by atoms with Gasteiger partial charge in [0.2, 0.25) is 5.91 Å². The van der Waals surface area contributed by atoms with E-state index in [-0.39, 0.29) is 17.9 Å². The summed E-state index contributed by atoms with van der Waals surface area (Å²) in [5.74, 6) is -0.193. The molecule has 2 amide bonds. The summed E-state index contributed by atoms with van der Waals surface area (Å²) in [5.41, 5.74) is 1.58. The van der Waals surface area contributed by atoms with Gasteiger partial charge in [0.1, 0.15) is 0 Å². The van der Waals surface area contributed by atoms with Crippen LogP contribution in [0.5, 0.6) is 0 Å². The summed E-state index contributed by atoms with van der Waals surface area (Å²) in [6, 6.07) is 7.47. The first-order valence-electron chi connectivity index (χ1n) is 8.51. The van der Waals surface area contributed by atoms with Crippen molar-refractivity contribution in [1.29, 1.82) is 0 Å². The Morgan fingerprint density at radius 1 is 1.35 bits per heavy atom. The number of amides is 2. The summed E-state index contributed by atoms with van der Waals surface area (Å²) in [6.45, 7) is 3.19. The summed E-state index contributed by atoms with van der Waals surface area (Å²) < 4.78 is 4.99. The van der Waals surface area contributed by atoms with Crippen molar-refractivity contribution in [3.8, 4) is 11.3 Å². The highest BCUT2D eigenvalue weighted by atomic mass is 35.5. The first kappa shape index (κ1) is 18.7. The molecule has 2 aromatic rings. The first-order chi connectivity index (χ1) is 12.6. The molecule has 0 unspecified atom stereocenters. The van der Waals surface area contributed by atoms with Crippen LogP contribution in [-0.4, -0.2) is 41.6 Å². The molecule has 0 atom stereocenters. The fourth-order valence-electron chi connectivity index (χ4n) is 2.87. The van der Waals surface area contributed by atoms with E-state index in [4.69, 9.17) is 16.3 Å². The fraction of sp³-hybridized carbons (Fsp3) is 0.389. The lowest BCUT2D eigenvalue weighted by Crippen LogP contribution is -2.41. The van der Waals surface area contributed by atoms with E-state index in [1.807, 2.05) is 29.6 Å². The largest absolute Gasteiger partial charge is 0.450 e. The van der Waals surface area contributed by atoms with Crippen LogP contribution in [0.2, 0.25) is 5.02 Å². The van der Waals surface area contributed by atoms with Crippen LogP contribution in [0.1, 0.15) is 19.8 Å². The maximum absolute atomic E-state index is 12.5. The van der Waals surface area contributed by atoms with Gasteiger partial charge in [-0.25, -0.2) is 9.78 Å². The van der Waals surface area contributed by atoms with Crippen molar-refractivity contribution in [2.24, 2.45) is 5.92 Å².